The van der Waals surface area contributed by atoms with Gasteiger partial charge in [0.05, 0.1) is 0 Å². The van der Waals surface area contributed by atoms with Gasteiger partial charge in [0.1, 0.15) is 0 Å². The van der Waals surface area contributed by atoms with Gasteiger partial charge in [-0.1, -0.05) is 6.08 Å². The van der Waals surface area contributed by atoms with Crippen molar-refractivity contribution in [1.82, 2.24) is 4.90 Å². The number of nitrogens with zero attached hydrogens (tertiary/aromatic N) is 1. The van der Waals surface area contributed by atoms with Gasteiger partial charge < -0.3 is 4.90 Å². The molecule has 0 aliphatic carbocycles. The first-order valence-electron chi connectivity index (χ1n) is 2.60. The van der Waals surface area contributed by atoms with Crippen LogP contribution in [-0.2, 0) is 0 Å². The summed E-state index contributed by atoms with van der Waals surface area (Å²) in [4.78, 5) is 2.34. The lowest BCUT2D eigenvalue weighted by Gasteiger charge is -1.90. The standard InChI is InChI=1S/C6H10N/c1-2-3-4-7-5-6-7/h2-3H,1,4-6H2. The van der Waals surface area contributed by atoms with E-state index in [-0.39, 0.29) is 0 Å². The molecule has 1 radical (unpaired) electrons. The van der Waals surface area contributed by atoms with Crippen LogP contribution >= 0.6 is 0 Å². The van der Waals surface area contributed by atoms with Gasteiger partial charge in [-0.05, 0) is 6.42 Å². The Kier molecular flexibility index (Phi) is 1.47. The summed E-state index contributed by atoms with van der Waals surface area (Å²) in [6.45, 7) is 7.24. The van der Waals surface area contributed by atoms with E-state index in [0.717, 1.165) is 6.54 Å². The van der Waals surface area contributed by atoms with Crippen molar-refractivity contribution in [2.24, 2.45) is 0 Å². The Bertz CT molecular complexity index is 64.6. The zero-order valence-electron chi connectivity index (χ0n) is 4.43. The van der Waals surface area contributed by atoms with Gasteiger partial charge in [0.15, 0.2) is 0 Å². The van der Waals surface area contributed by atoms with Crippen molar-refractivity contribution in [3.8, 4) is 0 Å². The molecule has 0 N–H and O–H groups in total. The summed E-state index contributed by atoms with van der Waals surface area (Å²) >= 11 is 0. The Morgan fingerprint density at radius 2 is 2.29 bits per heavy atom. The molecule has 7 heavy (non-hydrogen) atoms. The molecule has 1 saturated heterocycles. The fourth-order valence-electron chi connectivity index (χ4n) is 0.477. The lowest BCUT2D eigenvalue weighted by Crippen LogP contribution is -1.96. The van der Waals surface area contributed by atoms with Gasteiger partial charge in [-0.3, -0.25) is 0 Å². The van der Waals surface area contributed by atoms with Crippen molar-refractivity contribution in [3.63, 3.8) is 0 Å². The van der Waals surface area contributed by atoms with Crippen molar-refractivity contribution in [3.05, 3.63) is 19.1 Å². The molecule has 1 aliphatic rings. The van der Waals surface area contributed by atoms with Gasteiger partial charge in [0.25, 0.3) is 0 Å². The Morgan fingerprint density at radius 3 is 2.71 bits per heavy atom. The molecule has 39 valence electrons. The second kappa shape index (κ2) is 2.12. The zero-order valence-corrected chi connectivity index (χ0v) is 4.43. The predicted octanol–water partition coefficient (Wildman–Crippen LogP) is 0.692. The lowest BCUT2D eigenvalue weighted by molar-refractivity contribution is 0.614. The third kappa shape index (κ3) is 1.74. The van der Waals surface area contributed by atoms with Gasteiger partial charge in [0.2, 0.25) is 0 Å². The van der Waals surface area contributed by atoms with E-state index in [9.17, 15) is 0 Å². The van der Waals surface area contributed by atoms with Crippen LogP contribution in [0.1, 0.15) is 0 Å². The van der Waals surface area contributed by atoms with Crippen molar-refractivity contribution in [2.45, 2.75) is 0 Å². The summed E-state index contributed by atoms with van der Waals surface area (Å²) in [6.07, 6.45) is 3.92. The van der Waals surface area contributed by atoms with Crippen molar-refractivity contribution >= 4 is 0 Å². The molecule has 0 aromatic heterocycles. The molecule has 1 fully saturated rings. The maximum absolute atomic E-state index is 3.58. The molecule has 0 spiro atoms. The second-order valence-corrected chi connectivity index (χ2v) is 1.77. The van der Waals surface area contributed by atoms with Gasteiger partial charge in [-0.2, -0.15) is 0 Å². The fraction of sp³-hybridized carbons (Fsp3) is 0.500. The highest BCUT2D eigenvalue weighted by molar-refractivity contribution is 4.91. The van der Waals surface area contributed by atoms with Crippen LogP contribution in [0, 0.1) is 6.42 Å². The SMILES string of the molecule is C=C[CH]CN1CC1. The molecule has 0 aromatic rings. The smallest absolute Gasteiger partial charge is 0.0110 e. The largest absolute Gasteiger partial charge is 0.300 e. The average Bonchev–Trinajstić information content (AvgIpc) is 2.42. The van der Waals surface area contributed by atoms with Gasteiger partial charge in [-0.15, -0.1) is 6.58 Å². The highest BCUT2D eigenvalue weighted by Crippen LogP contribution is 2.02. The maximum Gasteiger partial charge on any atom is 0.0110 e. The summed E-state index contributed by atoms with van der Waals surface area (Å²) < 4.78 is 0. The van der Waals surface area contributed by atoms with Gasteiger partial charge >= 0.3 is 0 Å². The Balaban J connectivity index is 1.88. The number of hydrogen-bond acceptors (Lipinski definition) is 1. The minimum Gasteiger partial charge on any atom is -0.300 e. The Hall–Kier alpha value is -0.300. The molecule has 1 aliphatic heterocycles. The molecule has 1 heteroatoms. The first-order valence-corrected chi connectivity index (χ1v) is 2.60. The summed E-state index contributed by atoms with van der Waals surface area (Å²) in [5, 5.41) is 0. The number of hydrogen-bond donors (Lipinski definition) is 0. The first-order chi connectivity index (χ1) is 3.43. The van der Waals surface area contributed by atoms with E-state index < -0.39 is 0 Å². The quantitative estimate of drug-likeness (QED) is 0.467. The third-order valence-electron chi connectivity index (χ3n) is 1.07. The van der Waals surface area contributed by atoms with Crippen LogP contribution in [0.4, 0.5) is 0 Å². The topological polar surface area (TPSA) is 3.01 Å². The first kappa shape index (κ1) is 4.85. The second-order valence-electron chi connectivity index (χ2n) is 1.77. The van der Waals surface area contributed by atoms with E-state index >= 15 is 0 Å². The highest BCUT2D eigenvalue weighted by atomic mass is 15.2. The third-order valence-corrected chi connectivity index (χ3v) is 1.07. The molecular formula is C6H10N. The van der Waals surface area contributed by atoms with E-state index in [1.807, 2.05) is 6.08 Å². The monoisotopic (exact) mass is 96.1 g/mol. The van der Waals surface area contributed by atoms with Crippen LogP contribution in [0.15, 0.2) is 12.7 Å². The maximum atomic E-state index is 3.58. The molecule has 1 heterocycles. The molecule has 0 saturated carbocycles. The molecule has 0 aromatic carbocycles. The van der Waals surface area contributed by atoms with Gasteiger partial charge in [-0.25, -0.2) is 0 Å². The summed E-state index contributed by atoms with van der Waals surface area (Å²) in [5.41, 5.74) is 0. The van der Waals surface area contributed by atoms with E-state index in [4.69, 9.17) is 0 Å². The van der Waals surface area contributed by atoms with E-state index in [2.05, 4.69) is 17.9 Å². The van der Waals surface area contributed by atoms with E-state index in [0.29, 0.717) is 0 Å². The minimum absolute atomic E-state index is 1.10. The number of rotatable bonds is 3. The molecule has 1 rings (SSSR count). The fourth-order valence-corrected chi connectivity index (χ4v) is 0.477. The highest BCUT2D eigenvalue weighted by Gasteiger charge is 2.14. The van der Waals surface area contributed by atoms with Crippen LogP contribution in [0.25, 0.3) is 0 Å². The van der Waals surface area contributed by atoms with Crippen molar-refractivity contribution in [2.75, 3.05) is 19.6 Å². The molecule has 0 bridgehead atoms. The minimum atomic E-state index is 1.10. The summed E-state index contributed by atoms with van der Waals surface area (Å²) in [7, 11) is 0. The van der Waals surface area contributed by atoms with Crippen LogP contribution in [0.2, 0.25) is 0 Å². The van der Waals surface area contributed by atoms with E-state index in [1.165, 1.54) is 13.1 Å². The lowest BCUT2D eigenvalue weighted by atomic mass is 10.4. The van der Waals surface area contributed by atoms with Crippen LogP contribution in [0.5, 0.6) is 0 Å². The normalized spacial score (nSPS) is 19.4. The molecule has 0 amide bonds. The molecule has 0 unspecified atom stereocenters. The van der Waals surface area contributed by atoms with E-state index in [1.54, 1.807) is 0 Å². The summed E-state index contributed by atoms with van der Waals surface area (Å²) in [5.74, 6) is 0. The molecule has 0 atom stereocenters. The Labute approximate surface area is 44.6 Å². The Morgan fingerprint density at radius 1 is 1.57 bits per heavy atom. The van der Waals surface area contributed by atoms with Crippen LogP contribution < -0.4 is 0 Å². The summed E-state index contributed by atoms with van der Waals surface area (Å²) in [6, 6.07) is 0. The van der Waals surface area contributed by atoms with Crippen molar-refractivity contribution in [1.29, 1.82) is 0 Å². The van der Waals surface area contributed by atoms with Gasteiger partial charge in [0, 0.05) is 19.6 Å². The molecule has 1 nitrogen and oxygen atoms in total. The zero-order chi connectivity index (χ0) is 5.11. The molecular weight excluding hydrogens is 86.1 g/mol. The van der Waals surface area contributed by atoms with Crippen LogP contribution in [0.3, 0.4) is 0 Å². The average molecular weight is 96.2 g/mol. The van der Waals surface area contributed by atoms with Crippen LogP contribution in [-0.4, -0.2) is 24.5 Å². The predicted molar refractivity (Wildman–Crippen MR) is 30.9 cm³/mol. The van der Waals surface area contributed by atoms with Crippen molar-refractivity contribution < 1.29 is 0 Å².